The monoisotopic (exact) mass is 429 g/mol. The summed E-state index contributed by atoms with van der Waals surface area (Å²) in [5.41, 5.74) is 2.52. The van der Waals surface area contributed by atoms with Gasteiger partial charge in [-0.25, -0.2) is 15.0 Å². The van der Waals surface area contributed by atoms with Gasteiger partial charge in [-0.05, 0) is 49.9 Å². The number of anilines is 3. The molecule has 0 atom stereocenters. The molecule has 4 heterocycles. The van der Waals surface area contributed by atoms with Crippen LogP contribution in [0.1, 0.15) is 53.2 Å². The number of nitrogens with one attached hydrogen (secondary N) is 3. The third-order valence-electron chi connectivity index (χ3n) is 5.78. The maximum Gasteiger partial charge on any atom is 0.226 e. The number of carbonyl (C=O) groups is 1. The normalized spacial score (nSPS) is 15.7. The molecule has 160 valence electrons. The molecule has 0 unspecified atom stereocenters. The van der Waals surface area contributed by atoms with E-state index in [2.05, 4.69) is 35.6 Å². The molecule has 4 aromatic rings. The van der Waals surface area contributed by atoms with Crippen molar-refractivity contribution in [1.82, 2.24) is 24.9 Å². The summed E-state index contributed by atoms with van der Waals surface area (Å²) in [6.07, 6.45) is 9.18. The molecular weight excluding hydrogens is 409 g/mol. The molecule has 2 aliphatic rings. The van der Waals surface area contributed by atoms with Gasteiger partial charge in [0.1, 0.15) is 23.6 Å². The number of halogens is 1. The molecule has 0 amide bonds. The largest absolute Gasteiger partial charge is 0.367 e. The molecule has 0 bridgehead atoms. The molecule has 0 aliphatic heterocycles. The predicted octanol–water partition coefficient (Wildman–Crippen LogP) is 4.31. The zero-order chi connectivity index (χ0) is 21.7. The Kier molecular flexibility index (Phi) is 4.34. The lowest BCUT2D eigenvalue weighted by atomic mass is 10.0. The Morgan fingerprint density at radius 1 is 1.03 bits per heavy atom. The van der Waals surface area contributed by atoms with Crippen LogP contribution in [0, 0.1) is 5.95 Å². The maximum absolute atomic E-state index is 14.8. The van der Waals surface area contributed by atoms with Gasteiger partial charge in [0.25, 0.3) is 0 Å². The molecule has 3 N–H and O–H groups in total. The summed E-state index contributed by atoms with van der Waals surface area (Å²) in [4.78, 5) is 33.0. The summed E-state index contributed by atoms with van der Waals surface area (Å²) in [6, 6.07) is 7.25. The predicted molar refractivity (Wildman–Crippen MR) is 118 cm³/mol. The van der Waals surface area contributed by atoms with E-state index in [1.54, 1.807) is 18.5 Å². The molecule has 2 saturated carbocycles. The Morgan fingerprint density at radius 3 is 2.62 bits per heavy atom. The zero-order valence-electron chi connectivity index (χ0n) is 17.1. The van der Waals surface area contributed by atoms with Crippen molar-refractivity contribution in [2.75, 3.05) is 10.6 Å². The quantitative estimate of drug-likeness (QED) is 0.297. The van der Waals surface area contributed by atoms with Gasteiger partial charge in [0, 0.05) is 23.9 Å². The number of aromatic amines is 1. The van der Waals surface area contributed by atoms with E-state index < -0.39 is 11.7 Å². The summed E-state index contributed by atoms with van der Waals surface area (Å²) in [5, 5.41) is 6.91. The van der Waals surface area contributed by atoms with Crippen LogP contribution < -0.4 is 10.6 Å². The molecule has 0 radical (unpaired) electrons. The first kappa shape index (κ1) is 18.9. The van der Waals surface area contributed by atoms with Crippen LogP contribution in [0.25, 0.3) is 11.0 Å². The fourth-order valence-corrected chi connectivity index (χ4v) is 3.74. The highest BCUT2D eigenvalue weighted by molar-refractivity contribution is 6.18. The van der Waals surface area contributed by atoms with Crippen LogP contribution in [-0.4, -0.2) is 36.7 Å². The lowest BCUT2D eigenvalue weighted by Crippen LogP contribution is -2.09. The Bertz CT molecular complexity index is 1330. The number of hydrogen-bond acceptors (Lipinski definition) is 7. The van der Waals surface area contributed by atoms with Crippen molar-refractivity contribution in [2.45, 2.75) is 37.6 Å². The van der Waals surface area contributed by atoms with E-state index in [4.69, 9.17) is 0 Å². The lowest BCUT2D eigenvalue weighted by molar-refractivity contribution is 0.103. The third kappa shape index (κ3) is 3.55. The minimum absolute atomic E-state index is 0.111. The lowest BCUT2D eigenvalue weighted by Gasteiger charge is -2.09. The Balaban J connectivity index is 1.26. The SMILES string of the molecule is O=C(c1ccc(Nc2ccc(C3CC3)nc2)nc1F)c1c[nH]c2ncnc(NC3CC3)c12. The molecule has 0 spiro atoms. The van der Waals surface area contributed by atoms with Crippen molar-refractivity contribution < 1.29 is 9.18 Å². The topological polar surface area (TPSA) is 108 Å². The van der Waals surface area contributed by atoms with Crippen LogP contribution in [0.15, 0.2) is 43.0 Å². The second-order valence-electron chi connectivity index (χ2n) is 8.30. The maximum atomic E-state index is 14.8. The first-order valence-corrected chi connectivity index (χ1v) is 10.7. The number of nitrogens with zero attached hydrogens (tertiary/aromatic N) is 4. The van der Waals surface area contributed by atoms with Crippen molar-refractivity contribution in [3.05, 3.63) is 65.8 Å². The smallest absolute Gasteiger partial charge is 0.226 e. The van der Waals surface area contributed by atoms with Crippen LogP contribution in [0.3, 0.4) is 0 Å². The fourth-order valence-electron chi connectivity index (χ4n) is 3.74. The number of rotatable bonds is 7. The molecule has 9 heteroatoms. The number of pyridine rings is 2. The van der Waals surface area contributed by atoms with Crippen LogP contribution in [0.2, 0.25) is 0 Å². The highest BCUT2D eigenvalue weighted by Gasteiger charge is 2.26. The van der Waals surface area contributed by atoms with Crippen molar-refractivity contribution in [3.63, 3.8) is 0 Å². The number of fused-ring (bicyclic) bond motifs is 1. The molecule has 2 aliphatic carbocycles. The van der Waals surface area contributed by atoms with E-state index in [0.29, 0.717) is 45.9 Å². The minimum Gasteiger partial charge on any atom is -0.367 e. The highest BCUT2D eigenvalue weighted by atomic mass is 19.1. The van der Waals surface area contributed by atoms with E-state index in [1.807, 2.05) is 12.1 Å². The second-order valence-corrected chi connectivity index (χ2v) is 8.30. The first-order valence-electron chi connectivity index (χ1n) is 10.7. The average molecular weight is 429 g/mol. The molecule has 8 nitrogen and oxygen atoms in total. The summed E-state index contributed by atoms with van der Waals surface area (Å²) < 4.78 is 14.8. The molecule has 2 fully saturated rings. The Hall–Kier alpha value is -3.88. The Morgan fingerprint density at radius 2 is 1.91 bits per heavy atom. The number of hydrogen-bond donors (Lipinski definition) is 3. The molecule has 0 aromatic carbocycles. The van der Waals surface area contributed by atoms with Gasteiger partial charge in [0.05, 0.1) is 28.4 Å². The van der Waals surface area contributed by atoms with Crippen LogP contribution in [-0.2, 0) is 0 Å². The van der Waals surface area contributed by atoms with E-state index in [-0.39, 0.29) is 5.56 Å². The number of ketones is 1. The van der Waals surface area contributed by atoms with Crippen LogP contribution in [0.4, 0.5) is 21.7 Å². The van der Waals surface area contributed by atoms with Crippen LogP contribution >= 0.6 is 0 Å². The highest BCUT2D eigenvalue weighted by Crippen LogP contribution is 2.39. The summed E-state index contributed by atoms with van der Waals surface area (Å²) in [6.45, 7) is 0. The molecule has 32 heavy (non-hydrogen) atoms. The van der Waals surface area contributed by atoms with Gasteiger partial charge in [-0.3, -0.25) is 9.78 Å². The summed E-state index contributed by atoms with van der Waals surface area (Å²) >= 11 is 0. The van der Waals surface area contributed by atoms with Crippen molar-refractivity contribution in [1.29, 1.82) is 0 Å². The van der Waals surface area contributed by atoms with E-state index in [9.17, 15) is 9.18 Å². The van der Waals surface area contributed by atoms with E-state index >= 15 is 0 Å². The van der Waals surface area contributed by atoms with Crippen LogP contribution in [0.5, 0.6) is 0 Å². The van der Waals surface area contributed by atoms with Crippen molar-refractivity contribution in [2.24, 2.45) is 0 Å². The van der Waals surface area contributed by atoms with Gasteiger partial charge in [-0.15, -0.1) is 0 Å². The summed E-state index contributed by atoms with van der Waals surface area (Å²) in [7, 11) is 0. The Labute approximate surface area is 182 Å². The molecule has 4 aromatic heterocycles. The van der Waals surface area contributed by atoms with E-state index in [1.165, 1.54) is 25.2 Å². The standard InChI is InChI=1S/C23H20FN7O/c24-21-15(6-8-18(31-21)29-14-5-7-17(25-9-14)12-1-2-12)20(32)16-10-26-22-19(16)23(28-11-27-22)30-13-3-4-13/h5-13H,1-4H2,(H,29,31)(H2,26,27,28,30). The third-order valence-corrected chi connectivity index (χ3v) is 5.78. The van der Waals surface area contributed by atoms with E-state index in [0.717, 1.165) is 18.5 Å². The minimum atomic E-state index is -0.842. The first-order chi connectivity index (χ1) is 15.7. The number of carbonyl (C=O) groups excluding carboxylic acids is 1. The van der Waals surface area contributed by atoms with Gasteiger partial charge < -0.3 is 15.6 Å². The fraction of sp³-hybridized carbons (Fsp3) is 0.261. The van der Waals surface area contributed by atoms with Gasteiger partial charge >= 0.3 is 0 Å². The van der Waals surface area contributed by atoms with Gasteiger partial charge in [-0.1, -0.05) is 0 Å². The zero-order valence-corrected chi connectivity index (χ0v) is 17.1. The molecule has 0 saturated heterocycles. The van der Waals surface area contributed by atoms with Gasteiger partial charge in [0.2, 0.25) is 5.95 Å². The van der Waals surface area contributed by atoms with Crippen molar-refractivity contribution in [3.8, 4) is 0 Å². The van der Waals surface area contributed by atoms with Crippen molar-refractivity contribution >= 4 is 34.1 Å². The molecule has 6 rings (SSSR count). The second kappa shape index (κ2) is 7.37. The molecular formula is C23H20FN7O. The van der Waals surface area contributed by atoms with Gasteiger partial charge in [0.15, 0.2) is 5.78 Å². The van der Waals surface area contributed by atoms with Gasteiger partial charge in [-0.2, -0.15) is 4.39 Å². The average Bonchev–Trinajstić information content (AvgIpc) is 3.73. The number of aromatic nitrogens is 5. The summed E-state index contributed by atoms with van der Waals surface area (Å²) in [5.74, 6) is 0.136. The number of H-pyrrole nitrogens is 1.